The van der Waals surface area contributed by atoms with Gasteiger partial charge >= 0.3 is 0 Å². The third-order valence-electron chi connectivity index (χ3n) is 3.64. The third kappa shape index (κ3) is 2.36. The van der Waals surface area contributed by atoms with E-state index in [2.05, 4.69) is 16.0 Å². The van der Waals surface area contributed by atoms with Gasteiger partial charge < -0.3 is 15.4 Å². The molecule has 0 amide bonds. The Morgan fingerprint density at radius 1 is 1.37 bits per heavy atom. The summed E-state index contributed by atoms with van der Waals surface area (Å²) in [7, 11) is 1.73. The number of benzene rings is 1. The molecule has 1 aliphatic carbocycles. The highest BCUT2D eigenvalue weighted by atomic mass is 16.5. The van der Waals surface area contributed by atoms with E-state index in [-0.39, 0.29) is 0 Å². The van der Waals surface area contributed by atoms with Gasteiger partial charge in [0, 0.05) is 31.3 Å². The zero-order chi connectivity index (χ0) is 13.2. The molecule has 4 heteroatoms. The van der Waals surface area contributed by atoms with Crippen LogP contribution in [0.25, 0.3) is 10.9 Å². The molecule has 3 rings (SSSR count). The number of aromatic nitrogens is 1. The van der Waals surface area contributed by atoms with E-state index in [4.69, 9.17) is 10.5 Å². The van der Waals surface area contributed by atoms with E-state index in [0.29, 0.717) is 6.04 Å². The molecule has 1 fully saturated rings. The van der Waals surface area contributed by atoms with E-state index in [1.54, 1.807) is 13.3 Å². The molecule has 0 aliphatic heterocycles. The van der Waals surface area contributed by atoms with Gasteiger partial charge in [0.25, 0.3) is 0 Å². The molecule has 1 aliphatic rings. The monoisotopic (exact) mass is 257 g/mol. The Morgan fingerprint density at radius 3 is 2.95 bits per heavy atom. The fraction of sp³-hybridized carbons (Fsp3) is 0.400. The molecule has 0 bridgehead atoms. The van der Waals surface area contributed by atoms with Gasteiger partial charge in [0.15, 0.2) is 0 Å². The number of hydrogen-bond donors (Lipinski definition) is 1. The first-order chi connectivity index (χ1) is 9.31. The number of hydrogen-bond acceptors (Lipinski definition) is 4. The van der Waals surface area contributed by atoms with Crippen LogP contribution in [0.2, 0.25) is 0 Å². The van der Waals surface area contributed by atoms with Gasteiger partial charge in [-0.3, -0.25) is 4.98 Å². The molecule has 4 nitrogen and oxygen atoms in total. The number of rotatable bonds is 5. The largest absolute Gasteiger partial charge is 0.396 e. The van der Waals surface area contributed by atoms with Crippen LogP contribution in [0, 0.1) is 0 Å². The molecule has 1 saturated carbocycles. The minimum atomic E-state index is 0.617. The molecule has 0 atom stereocenters. The van der Waals surface area contributed by atoms with E-state index < -0.39 is 0 Å². The maximum absolute atomic E-state index is 6.33. The molecular formula is C15H19N3O. The van der Waals surface area contributed by atoms with Crippen molar-refractivity contribution in [2.24, 2.45) is 0 Å². The van der Waals surface area contributed by atoms with E-state index in [1.807, 2.05) is 18.2 Å². The summed E-state index contributed by atoms with van der Waals surface area (Å²) in [4.78, 5) is 6.71. The Hall–Kier alpha value is -1.81. The van der Waals surface area contributed by atoms with Crippen LogP contribution in [0.5, 0.6) is 0 Å². The molecule has 0 spiro atoms. The van der Waals surface area contributed by atoms with Gasteiger partial charge in [0.1, 0.15) is 0 Å². The van der Waals surface area contributed by atoms with Crippen molar-refractivity contribution >= 4 is 22.3 Å². The lowest BCUT2D eigenvalue weighted by Gasteiger charge is -2.26. The van der Waals surface area contributed by atoms with Crippen LogP contribution < -0.4 is 10.6 Å². The number of pyridine rings is 1. The van der Waals surface area contributed by atoms with Gasteiger partial charge in [-0.15, -0.1) is 0 Å². The second kappa shape index (κ2) is 5.05. The summed E-state index contributed by atoms with van der Waals surface area (Å²) >= 11 is 0. The first kappa shape index (κ1) is 12.2. The van der Waals surface area contributed by atoms with Crippen LogP contribution in [0.3, 0.4) is 0 Å². The fourth-order valence-corrected chi connectivity index (χ4v) is 2.49. The highest BCUT2D eigenvalue weighted by Crippen LogP contribution is 2.37. The first-order valence-electron chi connectivity index (χ1n) is 6.70. The molecule has 1 aromatic carbocycles. The van der Waals surface area contributed by atoms with Crippen LogP contribution in [0.15, 0.2) is 30.5 Å². The summed E-state index contributed by atoms with van der Waals surface area (Å²) in [6.07, 6.45) is 4.29. The number of nitrogens with two attached hydrogens (primary N) is 1. The van der Waals surface area contributed by atoms with Crippen LogP contribution in [0.1, 0.15) is 12.8 Å². The number of nitrogens with zero attached hydrogens (tertiary/aromatic N) is 2. The number of ether oxygens (including phenoxy) is 1. The van der Waals surface area contributed by atoms with Crippen molar-refractivity contribution in [3.8, 4) is 0 Å². The standard InChI is InChI=1S/C15H19N3O/c1-19-10-9-18(11-4-5-11)14-7-6-13-12(15(14)16)3-2-8-17-13/h2-3,6-8,11H,4-5,9-10,16H2,1H3. The minimum Gasteiger partial charge on any atom is -0.396 e. The zero-order valence-corrected chi connectivity index (χ0v) is 11.2. The van der Waals surface area contributed by atoms with Gasteiger partial charge in [-0.05, 0) is 37.1 Å². The lowest BCUT2D eigenvalue weighted by Crippen LogP contribution is -2.30. The fourth-order valence-electron chi connectivity index (χ4n) is 2.49. The SMILES string of the molecule is COCCN(c1ccc2ncccc2c1N)C1CC1. The topological polar surface area (TPSA) is 51.4 Å². The van der Waals surface area contributed by atoms with E-state index in [1.165, 1.54) is 12.8 Å². The Morgan fingerprint density at radius 2 is 2.21 bits per heavy atom. The van der Waals surface area contributed by atoms with Crippen molar-refractivity contribution in [3.05, 3.63) is 30.5 Å². The van der Waals surface area contributed by atoms with Crippen LogP contribution in [-0.2, 0) is 4.74 Å². The molecule has 2 N–H and O–H groups in total. The van der Waals surface area contributed by atoms with Crippen LogP contribution in [-0.4, -0.2) is 31.3 Å². The quantitative estimate of drug-likeness (QED) is 0.836. The maximum Gasteiger partial charge on any atom is 0.0724 e. The molecule has 1 aromatic heterocycles. The molecule has 0 saturated heterocycles. The number of methoxy groups -OCH3 is 1. The van der Waals surface area contributed by atoms with Gasteiger partial charge in [-0.1, -0.05) is 0 Å². The number of fused-ring (bicyclic) bond motifs is 1. The second-order valence-electron chi connectivity index (χ2n) is 4.99. The molecule has 0 radical (unpaired) electrons. The van der Waals surface area contributed by atoms with Crippen molar-refractivity contribution in [1.29, 1.82) is 0 Å². The molecule has 1 heterocycles. The Bertz CT molecular complexity index is 581. The third-order valence-corrected chi connectivity index (χ3v) is 3.64. The van der Waals surface area contributed by atoms with E-state index in [0.717, 1.165) is 35.4 Å². The van der Waals surface area contributed by atoms with Crippen molar-refractivity contribution in [2.75, 3.05) is 30.9 Å². The van der Waals surface area contributed by atoms with Crippen LogP contribution in [0.4, 0.5) is 11.4 Å². The Labute approximate surface area is 113 Å². The summed E-state index contributed by atoms with van der Waals surface area (Å²) in [5, 5.41) is 1.03. The lowest BCUT2D eigenvalue weighted by molar-refractivity contribution is 0.205. The average molecular weight is 257 g/mol. The molecule has 0 unspecified atom stereocenters. The normalized spacial score (nSPS) is 14.8. The highest BCUT2D eigenvalue weighted by Gasteiger charge is 2.30. The van der Waals surface area contributed by atoms with Crippen molar-refractivity contribution < 1.29 is 4.74 Å². The predicted molar refractivity (Wildman–Crippen MR) is 78.4 cm³/mol. The summed E-state index contributed by atoms with van der Waals surface area (Å²) in [6.45, 7) is 1.61. The summed E-state index contributed by atoms with van der Waals surface area (Å²) in [6, 6.07) is 8.70. The predicted octanol–water partition coefficient (Wildman–Crippen LogP) is 2.43. The average Bonchev–Trinajstić information content (AvgIpc) is 3.26. The summed E-state index contributed by atoms with van der Waals surface area (Å²) < 4.78 is 5.20. The van der Waals surface area contributed by atoms with Crippen molar-refractivity contribution in [3.63, 3.8) is 0 Å². The molecule has 100 valence electrons. The first-order valence-corrected chi connectivity index (χ1v) is 6.70. The van der Waals surface area contributed by atoms with Crippen molar-refractivity contribution in [2.45, 2.75) is 18.9 Å². The summed E-state index contributed by atoms with van der Waals surface area (Å²) in [5.41, 5.74) is 9.22. The van der Waals surface area contributed by atoms with Gasteiger partial charge in [0.2, 0.25) is 0 Å². The second-order valence-corrected chi connectivity index (χ2v) is 4.99. The molecular weight excluding hydrogens is 238 g/mol. The van der Waals surface area contributed by atoms with E-state index >= 15 is 0 Å². The smallest absolute Gasteiger partial charge is 0.0724 e. The minimum absolute atomic E-state index is 0.617. The lowest BCUT2D eigenvalue weighted by atomic mass is 10.1. The Kier molecular flexibility index (Phi) is 3.25. The number of anilines is 2. The van der Waals surface area contributed by atoms with Crippen molar-refractivity contribution in [1.82, 2.24) is 4.98 Å². The number of nitrogen functional groups attached to an aromatic ring is 1. The molecule has 2 aromatic rings. The van der Waals surface area contributed by atoms with Gasteiger partial charge in [0.05, 0.1) is 23.5 Å². The Balaban J connectivity index is 2.00. The van der Waals surface area contributed by atoms with Gasteiger partial charge in [-0.2, -0.15) is 0 Å². The van der Waals surface area contributed by atoms with E-state index in [9.17, 15) is 0 Å². The zero-order valence-electron chi connectivity index (χ0n) is 11.2. The summed E-state index contributed by atoms with van der Waals surface area (Å²) in [5.74, 6) is 0. The molecule has 19 heavy (non-hydrogen) atoms. The highest BCUT2D eigenvalue weighted by molar-refractivity contribution is 5.97. The maximum atomic E-state index is 6.33. The van der Waals surface area contributed by atoms with Crippen LogP contribution >= 0.6 is 0 Å². The van der Waals surface area contributed by atoms with Gasteiger partial charge in [-0.25, -0.2) is 0 Å².